The molecule has 3 aromatic rings. The fourth-order valence-electron chi connectivity index (χ4n) is 5.30. The molecule has 6 heteroatoms. The number of hydrogen-bond donors (Lipinski definition) is 1. The first-order chi connectivity index (χ1) is 14.0. The van der Waals surface area contributed by atoms with Gasteiger partial charge in [0, 0.05) is 22.0 Å². The van der Waals surface area contributed by atoms with E-state index in [0.717, 1.165) is 30.2 Å². The summed E-state index contributed by atoms with van der Waals surface area (Å²) < 4.78 is 15.5. The van der Waals surface area contributed by atoms with E-state index in [1.165, 1.54) is 12.1 Å². The third-order valence-electron chi connectivity index (χ3n) is 6.72. The largest absolute Gasteiger partial charge is 0.349 e. The van der Waals surface area contributed by atoms with Gasteiger partial charge in [-0.2, -0.15) is 5.10 Å². The average molecular weight is 412 g/mol. The predicted molar refractivity (Wildman–Crippen MR) is 111 cm³/mol. The molecule has 0 radical (unpaired) electrons. The van der Waals surface area contributed by atoms with Crippen LogP contribution in [0.5, 0.6) is 0 Å². The fraction of sp³-hybridized carbons (Fsp3) is 0.391. The lowest BCUT2D eigenvalue weighted by atomic mass is 9.99. The molecule has 0 aliphatic heterocycles. The number of aromatic nitrogens is 2. The number of halogens is 2. The van der Waals surface area contributed by atoms with Crippen LogP contribution in [0.25, 0.3) is 10.9 Å². The molecule has 0 saturated heterocycles. The summed E-state index contributed by atoms with van der Waals surface area (Å²) in [5.41, 5.74) is 1.64. The molecule has 5 rings (SSSR count). The van der Waals surface area contributed by atoms with Crippen LogP contribution >= 0.6 is 11.6 Å². The maximum atomic E-state index is 13.4. The Morgan fingerprint density at radius 3 is 2.66 bits per heavy atom. The third-order valence-corrected chi connectivity index (χ3v) is 6.97. The highest BCUT2D eigenvalue weighted by Crippen LogP contribution is 2.62. The van der Waals surface area contributed by atoms with Gasteiger partial charge in [0.15, 0.2) is 0 Å². The highest BCUT2D eigenvalue weighted by atomic mass is 35.5. The van der Waals surface area contributed by atoms with Gasteiger partial charge < -0.3 is 5.32 Å². The lowest BCUT2D eigenvalue weighted by molar-refractivity contribution is 0.0927. The van der Waals surface area contributed by atoms with Crippen molar-refractivity contribution in [3.8, 4) is 0 Å². The highest BCUT2D eigenvalue weighted by molar-refractivity contribution is 6.30. The number of rotatable bonds is 5. The zero-order valence-electron chi connectivity index (χ0n) is 16.2. The van der Waals surface area contributed by atoms with Crippen molar-refractivity contribution in [3.63, 3.8) is 0 Å². The van der Waals surface area contributed by atoms with Crippen LogP contribution in [0.1, 0.15) is 42.6 Å². The van der Waals surface area contributed by atoms with E-state index in [-0.39, 0.29) is 17.8 Å². The molecule has 2 aromatic carbocycles. The maximum Gasteiger partial charge on any atom is 0.251 e. The second kappa shape index (κ2) is 7.13. The number of benzene rings is 2. The summed E-state index contributed by atoms with van der Waals surface area (Å²) in [5, 5.41) is 9.24. The summed E-state index contributed by atoms with van der Waals surface area (Å²) >= 11 is 5.92. The zero-order valence-corrected chi connectivity index (χ0v) is 16.9. The van der Waals surface area contributed by atoms with Crippen molar-refractivity contribution in [1.29, 1.82) is 0 Å². The van der Waals surface area contributed by atoms with Crippen molar-refractivity contribution in [1.82, 2.24) is 15.1 Å². The van der Waals surface area contributed by atoms with Crippen LogP contribution in [0.4, 0.5) is 4.39 Å². The number of carbonyl (C=O) groups excluding carboxylic acids is 1. The lowest BCUT2D eigenvalue weighted by Crippen LogP contribution is -2.37. The molecule has 1 heterocycles. The normalized spacial score (nSPS) is 26.3. The van der Waals surface area contributed by atoms with Crippen LogP contribution in [0, 0.1) is 23.6 Å². The van der Waals surface area contributed by atoms with Crippen LogP contribution in [-0.2, 0) is 0 Å². The van der Waals surface area contributed by atoms with E-state index in [0.29, 0.717) is 34.4 Å². The van der Waals surface area contributed by atoms with Crippen molar-refractivity contribution < 1.29 is 9.18 Å². The minimum atomic E-state index is -0.228. The second-order valence-electron chi connectivity index (χ2n) is 8.32. The molecular weight excluding hydrogens is 389 g/mol. The molecule has 1 aromatic heterocycles. The second-order valence-corrected chi connectivity index (χ2v) is 8.75. The summed E-state index contributed by atoms with van der Waals surface area (Å²) in [6.07, 6.45) is 4.81. The van der Waals surface area contributed by atoms with E-state index in [1.807, 2.05) is 6.07 Å². The predicted octanol–water partition coefficient (Wildman–Crippen LogP) is 5.23. The topological polar surface area (TPSA) is 46.9 Å². The molecule has 2 aliphatic rings. The van der Waals surface area contributed by atoms with E-state index in [2.05, 4.69) is 22.0 Å². The van der Waals surface area contributed by atoms with Gasteiger partial charge in [-0.3, -0.25) is 9.48 Å². The standard InChI is InChI=1S/C23H23ClFN3O/c1-2-20(27-23(29)13-3-5-15(24)6-4-13)22-18-10-17(11-19(18)22)28-21-8-7-16(25)9-14(21)12-26-28/h3-9,12,17-20,22H,2,10-11H2,1H3,(H,27,29)/t17-,18-,19+,20?,22+. The van der Waals surface area contributed by atoms with Crippen molar-refractivity contribution in [2.24, 2.45) is 17.8 Å². The van der Waals surface area contributed by atoms with Gasteiger partial charge in [0.1, 0.15) is 5.82 Å². The van der Waals surface area contributed by atoms with Gasteiger partial charge in [-0.1, -0.05) is 18.5 Å². The number of nitrogens with one attached hydrogen (secondary N) is 1. The molecule has 2 aliphatic carbocycles. The first kappa shape index (κ1) is 18.6. The van der Waals surface area contributed by atoms with E-state index in [9.17, 15) is 9.18 Å². The van der Waals surface area contributed by atoms with Gasteiger partial charge in [0.25, 0.3) is 5.91 Å². The van der Waals surface area contributed by atoms with E-state index < -0.39 is 0 Å². The molecule has 4 nitrogen and oxygen atoms in total. The maximum absolute atomic E-state index is 13.4. The Morgan fingerprint density at radius 1 is 1.24 bits per heavy atom. The Morgan fingerprint density at radius 2 is 1.97 bits per heavy atom. The fourth-order valence-corrected chi connectivity index (χ4v) is 5.42. The number of nitrogens with zero attached hydrogens (tertiary/aromatic N) is 2. The molecule has 1 unspecified atom stereocenters. The molecule has 0 bridgehead atoms. The third kappa shape index (κ3) is 3.31. The van der Waals surface area contributed by atoms with Crippen LogP contribution in [-0.4, -0.2) is 21.7 Å². The van der Waals surface area contributed by atoms with E-state index in [1.54, 1.807) is 30.5 Å². The number of amides is 1. The lowest BCUT2D eigenvalue weighted by Gasteiger charge is -2.22. The summed E-state index contributed by atoms with van der Waals surface area (Å²) in [5.74, 6) is 1.51. The number of fused-ring (bicyclic) bond motifs is 2. The summed E-state index contributed by atoms with van der Waals surface area (Å²) in [4.78, 5) is 12.6. The Bertz CT molecular complexity index is 1050. The smallest absolute Gasteiger partial charge is 0.251 e. The van der Waals surface area contributed by atoms with Crippen LogP contribution in [0.3, 0.4) is 0 Å². The quantitative estimate of drug-likeness (QED) is 0.624. The zero-order chi connectivity index (χ0) is 20.1. The number of carbonyl (C=O) groups is 1. The van der Waals surface area contributed by atoms with E-state index >= 15 is 0 Å². The molecule has 2 fully saturated rings. The van der Waals surface area contributed by atoms with Crippen LogP contribution in [0.15, 0.2) is 48.7 Å². The molecule has 1 amide bonds. The monoisotopic (exact) mass is 411 g/mol. The minimum Gasteiger partial charge on any atom is -0.349 e. The first-order valence-electron chi connectivity index (χ1n) is 10.2. The minimum absolute atomic E-state index is 0.0323. The van der Waals surface area contributed by atoms with Gasteiger partial charge in [0.05, 0.1) is 17.8 Å². The molecular formula is C23H23ClFN3O. The van der Waals surface area contributed by atoms with Crippen LogP contribution in [0.2, 0.25) is 5.02 Å². The van der Waals surface area contributed by atoms with Gasteiger partial charge in [-0.15, -0.1) is 0 Å². The van der Waals surface area contributed by atoms with Gasteiger partial charge in [-0.25, -0.2) is 4.39 Å². The first-order valence-corrected chi connectivity index (χ1v) is 10.6. The Kier molecular flexibility index (Phi) is 4.58. The summed E-state index contributed by atoms with van der Waals surface area (Å²) in [7, 11) is 0. The molecule has 150 valence electrons. The Balaban J connectivity index is 1.25. The van der Waals surface area contributed by atoms with Gasteiger partial charge >= 0.3 is 0 Å². The SMILES string of the molecule is CCC(NC(=O)c1ccc(Cl)cc1)[C@H]1[C@@H]2C[C@@H](n3ncc4cc(F)ccc43)C[C@@H]21. The summed E-state index contributed by atoms with van der Waals surface area (Å²) in [6.45, 7) is 2.13. The Hall–Kier alpha value is -2.40. The number of hydrogen-bond acceptors (Lipinski definition) is 2. The van der Waals surface area contributed by atoms with Crippen molar-refractivity contribution in [2.45, 2.75) is 38.3 Å². The Labute approximate surface area is 174 Å². The molecule has 0 spiro atoms. The molecule has 1 N–H and O–H groups in total. The van der Waals surface area contributed by atoms with E-state index in [4.69, 9.17) is 11.6 Å². The van der Waals surface area contributed by atoms with Gasteiger partial charge in [-0.05, 0) is 79.5 Å². The molecule has 2 saturated carbocycles. The highest BCUT2D eigenvalue weighted by Gasteiger charge is 2.59. The van der Waals surface area contributed by atoms with Crippen LogP contribution < -0.4 is 5.32 Å². The summed E-state index contributed by atoms with van der Waals surface area (Å²) in [6, 6.07) is 12.4. The van der Waals surface area contributed by atoms with Gasteiger partial charge in [0.2, 0.25) is 0 Å². The van der Waals surface area contributed by atoms with Crippen molar-refractivity contribution in [2.75, 3.05) is 0 Å². The average Bonchev–Trinajstić information content (AvgIpc) is 3.06. The molecule has 5 atom stereocenters. The molecule has 29 heavy (non-hydrogen) atoms. The van der Waals surface area contributed by atoms with Crippen molar-refractivity contribution in [3.05, 3.63) is 65.1 Å². The van der Waals surface area contributed by atoms with Crippen molar-refractivity contribution >= 4 is 28.4 Å².